The van der Waals surface area contributed by atoms with Crippen molar-refractivity contribution in [1.82, 2.24) is 0 Å². The van der Waals surface area contributed by atoms with Crippen LogP contribution in [0.15, 0.2) is 0 Å². The van der Waals surface area contributed by atoms with Gasteiger partial charge in [-0.3, -0.25) is 0 Å². The molecule has 0 amide bonds. The molecule has 0 aromatic heterocycles. The van der Waals surface area contributed by atoms with Gasteiger partial charge in [0.2, 0.25) is 0 Å². The standard InChI is InChI=1S/2C4H9O.3HI.Zr/c2*1-2-3-4-5;;;;/h2*2-4H2,1H3;3*1H;/q2*-1;;;;+5/p-3. The summed E-state index contributed by atoms with van der Waals surface area (Å²) in [6, 6.07) is 0. The molecule has 0 aliphatic heterocycles. The van der Waals surface area contributed by atoms with Gasteiger partial charge in [0, 0.05) is 0 Å². The summed E-state index contributed by atoms with van der Waals surface area (Å²) >= 11 is 7.28. The van der Waals surface area contributed by atoms with E-state index < -0.39 is 7.09 Å². The molecular weight excluding hydrogens is 600 g/mol. The van der Waals surface area contributed by atoms with E-state index >= 15 is 0 Å². The summed E-state index contributed by atoms with van der Waals surface area (Å²) in [6.07, 6.45) is 4.64. The number of halogens is 3. The third-order valence-electron chi connectivity index (χ3n) is 1.65. The first kappa shape index (κ1) is 17.0. The fourth-order valence-corrected chi connectivity index (χ4v) is 11.1. The van der Waals surface area contributed by atoms with Gasteiger partial charge in [0.05, 0.1) is 0 Å². The van der Waals surface area contributed by atoms with Crippen LogP contribution < -0.4 is 0 Å². The zero-order valence-electron chi connectivity index (χ0n) is 8.69. The normalized spacial score (nSPS) is 15.1. The Morgan fingerprint density at radius 3 is 1.50 bits per heavy atom. The van der Waals surface area contributed by atoms with Crippen LogP contribution in [0.25, 0.3) is 0 Å². The molecule has 0 saturated carbocycles. The molecule has 0 aliphatic rings. The summed E-state index contributed by atoms with van der Waals surface area (Å²) in [5, 5.41) is 0. The Balaban J connectivity index is 3.82. The molecule has 87 valence electrons. The van der Waals surface area contributed by atoms with Crippen LogP contribution in [-0.2, 0) is 12.7 Å². The van der Waals surface area contributed by atoms with Crippen LogP contribution in [-0.4, -0.2) is 13.2 Å². The predicted molar refractivity (Wildman–Crippen MR) is 83.8 cm³/mol. The van der Waals surface area contributed by atoms with Crippen molar-refractivity contribution < 1.29 is 12.7 Å². The molecule has 0 aromatic carbocycles. The van der Waals surface area contributed by atoms with Gasteiger partial charge >= 0.3 is 120 Å². The Labute approximate surface area is 117 Å². The van der Waals surface area contributed by atoms with Crippen LogP contribution in [0.4, 0.5) is 0 Å². The maximum atomic E-state index is 5.95. The Morgan fingerprint density at radius 2 is 1.21 bits per heavy atom. The number of rotatable bonds is 8. The fourth-order valence-electron chi connectivity index (χ4n) is 0.789. The molecule has 0 heterocycles. The zero-order chi connectivity index (χ0) is 11.1. The van der Waals surface area contributed by atoms with Gasteiger partial charge in [-0.25, -0.2) is 0 Å². The van der Waals surface area contributed by atoms with Gasteiger partial charge in [-0.05, 0) is 0 Å². The van der Waals surface area contributed by atoms with Gasteiger partial charge in [-0.2, -0.15) is 0 Å². The molecule has 14 heavy (non-hydrogen) atoms. The Bertz CT molecular complexity index is 144. The van der Waals surface area contributed by atoms with Crippen LogP contribution in [0.5, 0.6) is 0 Å². The van der Waals surface area contributed by atoms with E-state index in [1.807, 2.05) is 0 Å². The van der Waals surface area contributed by atoms with E-state index in [9.17, 15) is 0 Å². The average molecular weight is 618 g/mol. The molecule has 6 heteroatoms. The Kier molecular flexibility index (Phi) is 9.90. The third kappa shape index (κ3) is 10.2. The van der Waals surface area contributed by atoms with E-state index in [1.165, 1.54) is 12.8 Å². The minimum atomic E-state index is -3.20. The SMILES string of the molecule is CCCC[O][Zr]([I])([I])([I])[O]CCCC. The maximum absolute atomic E-state index is 5.95. The summed E-state index contributed by atoms with van der Waals surface area (Å²) in [5.41, 5.74) is 0. The van der Waals surface area contributed by atoms with Crippen molar-refractivity contribution in [3.8, 4) is 0 Å². The first-order chi connectivity index (χ1) is 6.39. The molecule has 0 saturated heterocycles. The molecule has 0 spiro atoms. The monoisotopic (exact) mass is 617 g/mol. The van der Waals surface area contributed by atoms with Gasteiger partial charge in [-0.1, -0.05) is 0 Å². The second-order valence-electron chi connectivity index (χ2n) is 3.16. The van der Waals surface area contributed by atoms with Gasteiger partial charge in [-0.15, -0.1) is 0 Å². The van der Waals surface area contributed by atoms with E-state index in [4.69, 9.17) is 5.63 Å². The van der Waals surface area contributed by atoms with E-state index in [0.717, 1.165) is 26.1 Å². The summed E-state index contributed by atoms with van der Waals surface area (Å²) < 4.78 is 11.9. The molecule has 0 radical (unpaired) electrons. The number of hydrogen-bond acceptors (Lipinski definition) is 2. The Hall–Kier alpha value is 2.99. The topological polar surface area (TPSA) is 18.5 Å². The zero-order valence-corrected chi connectivity index (χ0v) is 17.6. The average Bonchev–Trinajstić information content (AvgIpc) is 2.04. The first-order valence-corrected chi connectivity index (χ1v) is 28.9. The van der Waals surface area contributed by atoms with Gasteiger partial charge in [0.1, 0.15) is 0 Å². The van der Waals surface area contributed by atoms with Crippen LogP contribution >= 0.6 is 54.1 Å². The molecule has 0 unspecified atom stereocenters. The van der Waals surface area contributed by atoms with Gasteiger partial charge in [0.25, 0.3) is 0 Å². The Morgan fingerprint density at radius 1 is 0.857 bits per heavy atom. The minimum absolute atomic E-state index is 0.850. The summed E-state index contributed by atoms with van der Waals surface area (Å²) in [7, 11) is -3.20. The summed E-state index contributed by atoms with van der Waals surface area (Å²) in [5.74, 6) is 0. The second-order valence-corrected chi connectivity index (χ2v) is 79.7. The number of hydrogen-bond donors (Lipinski definition) is 0. The van der Waals surface area contributed by atoms with Gasteiger partial charge in [0.15, 0.2) is 0 Å². The molecule has 0 fully saturated rings. The number of unbranched alkanes of at least 4 members (excludes halogenated alkanes) is 2. The molecule has 0 rings (SSSR count). The third-order valence-corrected chi connectivity index (χ3v) is 15.9. The van der Waals surface area contributed by atoms with Gasteiger partial charge < -0.3 is 0 Å². The van der Waals surface area contributed by atoms with Crippen molar-refractivity contribution in [2.75, 3.05) is 13.2 Å². The molecule has 0 atom stereocenters. The van der Waals surface area contributed by atoms with E-state index in [0.29, 0.717) is 0 Å². The summed E-state index contributed by atoms with van der Waals surface area (Å²) in [4.78, 5) is 0. The van der Waals surface area contributed by atoms with E-state index in [1.54, 1.807) is 0 Å². The molecule has 2 nitrogen and oxygen atoms in total. The molecule has 0 bridgehead atoms. The second kappa shape index (κ2) is 8.16. The fraction of sp³-hybridized carbons (Fsp3) is 1.00. The van der Waals surface area contributed by atoms with Crippen LogP contribution in [0.2, 0.25) is 0 Å². The first-order valence-electron chi connectivity index (χ1n) is 4.97. The van der Waals surface area contributed by atoms with Crippen molar-refractivity contribution in [2.45, 2.75) is 39.5 Å². The van der Waals surface area contributed by atoms with E-state index in [2.05, 4.69) is 68.0 Å². The molecule has 0 aromatic rings. The van der Waals surface area contributed by atoms with Crippen molar-refractivity contribution in [3.63, 3.8) is 0 Å². The van der Waals surface area contributed by atoms with Crippen molar-refractivity contribution in [3.05, 3.63) is 0 Å². The van der Waals surface area contributed by atoms with Crippen LogP contribution in [0.3, 0.4) is 0 Å². The molecular formula is C8H18I3O2Zr. The van der Waals surface area contributed by atoms with Crippen molar-refractivity contribution >= 4 is 54.1 Å². The quantitative estimate of drug-likeness (QED) is 0.276. The van der Waals surface area contributed by atoms with Crippen LogP contribution in [0, 0.1) is 0 Å². The van der Waals surface area contributed by atoms with E-state index in [-0.39, 0.29) is 0 Å². The van der Waals surface area contributed by atoms with Crippen LogP contribution in [0.1, 0.15) is 39.5 Å². The molecule has 0 aliphatic carbocycles. The summed E-state index contributed by atoms with van der Waals surface area (Å²) in [6.45, 7) is 6.06. The molecule has 0 N–H and O–H groups in total. The van der Waals surface area contributed by atoms with Crippen molar-refractivity contribution in [1.29, 1.82) is 0 Å². The predicted octanol–water partition coefficient (Wildman–Crippen LogP) is 5.19. The van der Waals surface area contributed by atoms with Crippen molar-refractivity contribution in [2.24, 2.45) is 0 Å².